The molecule has 0 heterocycles. The number of amides is 2. The Labute approximate surface area is 108 Å². The van der Waals surface area contributed by atoms with Gasteiger partial charge in [0.25, 0.3) is 0 Å². The van der Waals surface area contributed by atoms with Crippen molar-refractivity contribution in [3.63, 3.8) is 0 Å². The number of carbonyl (C=O) groups is 2. The Morgan fingerprint density at radius 3 is 2.74 bits per heavy atom. The summed E-state index contributed by atoms with van der Waals surface area (Å²) in [5.74, 6) is -1.65. The summed E-state index contributed by atoms with van der Waals surface area (Å²) in [6.07, 6.45) is 0.274. The molecule has 3 N–H and O–H groups in total. The first-order valence-corrected chi connectivity index (χ1v) is 5.49. The lowest BCUT2D eigenvalue weighted by Crippen LogP contribution is -2.29. The molecule has 0 fully saturated rings. The maximum absolute atomic E-state index is 13.2. The SMILES string of the molecule is N#Cc1ccc(NC(=O)NCCCC(=O)O)cc1F. The van der Waals surface area contributed by atoms with Crippen molar-refractivity contribution < 1.29 is 19.1 Å². The third-order valence-electron chi connectivity index (χ3n) is 2.20. The molecule has 0 radical (unpaired) electrons. The fourth-order valence-electron chi connectivity index (χ4n) is 1.30. The Morgan fingerprint density at radius 1 is 1.42 bits per heavy atom. The predicted molar refractivity (Wildman–Crippen MR) is 65.0 cm³/mol. The maximum atomic E-state index is 13.2. The van der Waals surface area contributed by atoms with Gasteiger partial charge in [0.05, 0.1) is 5.56 Å². The van der Waals surface area contributed by atoms with E-state index in [1.165, 1.54) is 12.1 Å². The summed E-state index contributed by atoms with van der Waals surface area (Å²) in [4.78, 5) is 21.6. The van der Waals surface area contributed by atoms with Crippen molar-refractivity contribution in [2.24, 2.45) is 0 Å². The molecule has 0 aromatic heterocycles. The van der Waals surface area contributed by atoms with Crippen LogP contribution in [0, 0.1) is 17.1 Å². The molecule has 1 aromatic rings. The van der Waals surface area contributed by atoms with E-state index in [0.717, 1.165) is 6.07 Å². The Kier molecular flexibility index (Phi) is 5.29. The van der Waals surface area contributed by atoms with Crippen LogP contribution in [0.15, 0.2) is 18.2 Å². The molecule has 1 aromatic carbocycles. The van der Waals surface area contributed by atoms with Gasteiger partial charge in [-0.2, -0.15) is 5.26 Å². The molecule has 0 spiro atoms. The largest absolute Gasteiger partial charge is 0.481 e. The number of urea groups is 1. The van der Waals surface area contributed by atoms with E-state index in [2.05, 4.69) is 10.6 Å². The van der Waals surface area contributed by atoms with E-state index in [9.17, 15) is 14.0 Å². The lowest BCUT2D eigenvalue weighted by atomic mass is 10.2. The van der Waals surface area contributed by atoms with Crippen LogP contribution in [0.2, 0.25) is 0 Å². The van der Waals surface area contributed by atoms with Gasteiger partial charge in [-0.1, -0.05) is 0 Å². The molecule has 0 aliphatic heterocycles. The number of anilines is 1. The van der Waals surface area contributed by atoms with E-state index in [-0.39, 0.29) is 24.2 Å². The van der Waals surface area contributed by atoms with Crippen LogP contribution in [-0.4, -0.2) is 23.7 Å². The van der Waals surface area contributed by atoms with Crippen LogP contribution < -0.4 is 10.6 Å². The van der Waals surface area contributed by atoms with Gasteiger partial charge in [0.1, 0.15) is 11.9 Å². The van der Waals surface area contributed by atoms with Gasteiger partial charge in [0.2, 0.25) is 0 Å². The number of carboxylic acid groups (broad SMARTS) is 1. The molecule has 19 heavy (non-hydrogen) atoms. The fraction of sp³-hybridized carbons (Fsp3) is 0.250. The number of halogens is 1. The molecule has 0 saturated heterocycles. The summed E-state index contributed by atoms with van der Waals surface area (Å²) in [5, 5.41) is 21.7. The molecular formula is C12H12FN3O3. The Hall–Kier alpha value is -2.62. The molecule has 0 bridgehead atoms. The van der Waals surface area contributed by atoms with E-state index in [1.807, 2.05) is 0 Å². The monoisotopic (exact) mass is 265 g/mol. The number of carboxylic acids is 1. The van der Waals surface area contributed by atoms with Crippen LogP contribution in [0.5, 0.6) is 0 Å². The Balaban J connectivity index is 2.42. The minimum absolute atomic E-state index is 0.0359. The van der Waals surface area contributed by atoms with Crippen molar-refractivity contribution >= 4 is 17.7 Å². The van der Waals surface area contributed by atoms with E-state index < -0.39 is 17.8 Å². The molecule has 6 nitrogen and oxygen atoms in total. The molecule has 2 amide bonds. The molecule has 0 aliphatic carbocycles. The zero-order valence-corrected chi connectivity index (χ0v) is 9.94. The highest BCUT2D eigenvalue weighted by Crippen LogP contribution is 2.13. The third kappa shape index (κ3) is 5.04. The van der Waals surface area contributed by atoms with Crippen molar-refractivity contribution in [2.45, 2.75) is 12.8 Å². The third-order valence-corrected chi connectivity index (χ3v) is 2.20. The van der Waals surface area contributed by atoms with E-state index in [4.69, 9.17) is 10.4 Å². The molecule has 0 atom stereocenters. The topological polar surface area (TPSA) is 102 Å². The van der Waals surface area contributed by atoms with Crippen LogP contribution >= 0.6 is 0 Å². The summed E-state index contributed by atoms with van der Waals surface area (Å²) >= 11 is 0. The lowest BCUT2D eigenvalue weighted by Gasteiger charge is -2.07. The summed E-state index contributed by atoms with van der Waals surface area (Å²) in [7, 11) is 0. The van der Waals surface area contributed by atoms with Crippen LogP contribution in [0.4, 0.5) is 14.9 Å². The zero-order chi connectivity index (χ0) is 14.3. The molecular weight excluding hydrogens is 253 g/mol. The highest BCUT2D eigenvalue weighted by Gasteiger charge is 2.06. The van der Waals surface area contributed by atoms with Crippen molar-refractivity contribution in [2.75, 3.05) is 11.9 Å². The van der Waals surface area contributed by atoms with Gasteiger partial charge in [0.15, 0.2) is 0 Å². The first kappa shape index (κ1) is 14.4. The predicted octanol–water partition coefficient (Wildman–Crippen LogP) is 1.68. The smallest absolute Gasteiger partial charge is 0.319 e. The second-order valence-electron chi connectivity index (χ2n) is 3.68. The van der Waals surface area contributed by atoms with Gasteiger partial charge in [-0.15, -0.1) is 0 Å². The zero-order valence-electron chi connectivity index (χ0n) is 9.94. The van der Waals surface area contributed by atoms with Crippen LogP contribution in [0.25, 0.3) is 0 Å². The number of rotatable bonds is 5. The number of nitriles is 1. The highest BCUT2D eigenvalue weighted by atomic mass is 19.1. The normalized spacial score (nSPS) is 9.47. The first-order chi connectivity index (χ1) is 9.02. The average Bonchev–Trinajstić information content (AvgIpc) is 2.35. The average molecular weight is 265 g/mol. The van der Waals surface area contributed by atoms with Crippen molar-refractivity contribution in [3.05, 3.63) is 29.6 Å². The van der Waals surface area contributed by atoms with Crippen molar-refractivity contribution in [1.82, 2.24) is 5.32 Å². The quantitative estimate of drug-likeness (QED) is 0.705. The minimum atomic E-state index is -0.934. The number of carbonyl (C=O) groups excluding carboxylic acids is 1. The number of aliphatic carboxylic acids is 1. The van der Waals surface area contributed by atoms with Gasteiger partial charge in [-0.25, -0.2) is 9.18 Å². The second-order valence-corrected chi connectivity index (χ2v) is 3.68. The molecule has 0 aliphatic rings. The Bertz CT molecular complexity index is 525. The number of benzene rings is 1. The summed E-state index contributed by atoms with van der Waals surface area (Å²) < 4.78 is 13.2. The van der Waals surface area contributed by atoms with Crippen molar-refractivity contribution in [1.29, 1.82) is 5.26 Å². The van der Waals surface area contributed by atoms with Gasteiger partial charge < -0.3 is 15.7 Å². The number of nitrogens with zero attached hydrogens (tertiary/aromatic N) is 1. The molecule has 0 saturated carbocycles. The van der Waals surface area contributed by atoms with Gasteiger partial charge >= 0.3 is 12.0 Å². The van der Waals surface area contributed by atoms with Gasteiger partial charge in [-0.3, -0.25) is 4.79 Å². The van der Waals surface area contributed by atoms with Crippen LogP contribution in [-0.2, 0) is 4.79 Å². The van der Waals surface area contributed by atoms with E-state index in [1.54, 1.807) is 6.07 Å². The molecule has 1 rings (SSSR count). The molecule has 7 heteroatoms. The lowest BCUT2D eigenvalue weighted by molar-refractivity contribution is -0.137. The van der Waals surface area contributed by atoms with Crippen molar-refractivity contribution in [3.8, 4) is 6.07 Å². The fourth-order valence-corrected chi connectivity index (χ4v) is 1.30. The number of hydrogen-bond acceptors (Lipinski definition) is 3. The summed E-state index contributed by atoms with van der Waals surface area (Å²) in [6.45, 7) is 0.205. The standard InChI is InChI=1S/C12H12FN3O3/c13-10-6-9(4-3-8(10)7-14)16-12(19)15-5-1-2-11(17)18/h3-4,6H,1-2,5H2,(H,17,18)(H2,15,16,19). The minimum Gasteiger partial charge on any atom is -0.481 e. The van der Waals surface area contributed by atoms with Crippen LogP contribution in [0.1, 0.15) is 18.4 Å². The summed E-state index contributed by atoms with van der Waals surface area (Å²) in [5.41, 5.74) is 0.111. The second kappa shape index (κ2) is 6.96. The number of nitrogens with one attached hydrogen (secondary N) is 2. The Morgan fingerprint density at radius 2 is 2.16 bits per heavy atom. The van der Waals surface area contributed by atoms with E-state index >= 15 is 0 Å². The van der Waals surface area contributed by atoms with Crippen LogP contribution in [0.3, 0.4) is 0 Å². The maximum Gasteiger partial charge on any atom is 0.319 e. The van der Waals surface area contributed by atoms with Gasteiger partial charge in [-0.05, 0) is 24.6 Å². The van der Waals surface area contributed by atoms with Gasteiger partial charge in [0, 0.05) is 18.7 Å². The first-order valence-electron chi connectivity index (χ1n) is 5.49. The summed E-state index contributed by atoms with van der Waals surface area (Å²) in [6, 6.07) is 4.81. The highest BCUT2D eigenvalue weighted by molar-refractivity contribution is 5.89. The van der Waals surface area contributed by atoms with E-state index in [0.29, 0.717) is 6.42 Å². The molecule has 0 unspecified atom stereocenters. The number of hydrogen-bond donors (Lipinski definition) is 3. The molecule has 100 valence electrons.